The molecule has 0 radical (unpaired) electrons. The molecule has 1 N–H and O–H groups in total. The van der Waals surface area contributed by atoms with Gasteiger partial charge in [0, 0.05) is 19.4 Å². The van der Waals surface area contributed by atoms with Crippen molar-refractivity contribution in [1.82, 2.24) is 5.32 Å². The van der Waals surface area contributed by atoms with Gasteiger partial charge in [0.15, 0.2) is 5.88 Å². The van der Waals surface area contributed by atoms with Gasteiger partial charge in [0.25, 0.3) is 5.90 Å². The molecule has 0 saturated carbocycles. The first-order chi connectivity index (χ1) is 7.30. The maximum Gasteiger partial charge on any atom is 0.318 e. The van der Waals surface area contributed by atoms with Crippen molar-refractivity contribution in [2.24, 2.45) is 9.98 Å². The standard InChI is InChI=1S/C9H13N3O3/c1-13-7-3-4-11-9(12-7,14-2)8-10-5-6-15-8/h3-4,12H,5-6H2,1-2H3. The van der Waals surface area contributed by atoms with E-state index in [1.54, 1.807) is 19.4 Å². The van der Waals surface area contributed by atoms with Crippen LogP contribution in [-0.4, -0.2) is 45.3 Å². The second kappa shape index (κ2) is 3.90. The van der Waals surface area contributed by atoms with Crippen molar-refractivity contribution in [3.63, 3.8) is 0 Å². The predicted molar refractivity (Wildman–Crippen MR) is 54.7 cm³/mol. The summed E-state index contributed by atoms with van der Waals surface area (Å²) in [6.45, 7) is 1.19. The fraction of sp³-hybridized carbons (Fsp3) is 0.556. The van der Waals surface area contributed by atoms with Crippen LogP contribution >= 0.6 is 0 Å². The van der Waals surface area contributed by atoms with Crippen LogP contribution in [0.5, 0.6) is 0 Å². The van der Waals surface area contributed by atoms with E-state index in [2.05, 4.69) is 15.3 Å². The molecule has 2 heterocycles. The summed E-state index contributed by atoms with van der Waals surface area (Å²) in [6.07, 6.45) is 3.30. The first kappa shape index (κ1) is 9.97. The van der Waals surface area contributed by atoms with Gasteiger partial charge in [0.05, 0.1) is 13.7 Å². The molecule has 1 atom stereocenters. The molecule has 1 unspecified atom stereocenters. The highest BCUT2D eigenvalue weighted by atomic mass is 16.6. The van der Waals surface area contributed by atoms with E-state index in [-0.39, 0.29) is 0 Å². The van der Waals surface area contributed by atoms with Gasteiger partial charge in [-0.2, -0.15) is 0 Å². The quantitative estimate of drug-likeness (QED) is 0.706. The van der Waals surface area contributed by atoms with Gasteiger partial charge in [-0.15, -0.1) is 0 Å². The number of ether oxygens (including phenoxy) is 3. The lowest BCUT2D eigenvalue weighted by Crippen LogP contribution is -2.53. The molecular weight excluding hydrogens is 198 g/mol. The Labute approximate surface area is 87.6 Å². The van der Waals surface area contributed by atoms with Gasteiger partial charge in [-0.3, -0.25) is 0 Å². The van der Waals surface area contributed by atoms with Crippen molar-refractivity contribution in [2.45, 2.75) is 5.85 Å². The third-order valence-electron chi connectivity index (χ3n) is 2.17. The average molecular weight is 211 g/mol. The fourth-order valence-corrected chi connectivity index (χ4v) is 1.41. The Balaban J connectivity index is 2.24. The third-order valence-corrected chi connectivity index (χ3v) is 2.17. The van der Waals surface area contributed by atoms with Crippen LogP contribution in [0.15, 0.2) is 21.9 Å². The summed E-state index contributed by atoms with van der Waals surface area (Å²) < 4.78 is 15.7. The molecule has 0 fully saturated rings. The van der Waals surface area contributed by atoms with Crippen LogP contribution in [0, 0.1) is 0 Å². The van der Waals surface area contributed by atoms with Crippen molar-refractivity contribution in [1.29, 1.82) is 0 Å². The Hall–Kier alpha value is -1.56. The van der Waals surface area contributed by atoms with E-state index in [1.807, 2.05) is 0 Å². The highest BCUT2D eigenvalue weighted by Crippen LogP contribution is 2.19. The van der Waals surface area contributed by atoms with Gasteiger partial charge in [-0.25, -0.2) is 9.98 Å². The second-order valence-electron chi connectivity index (χ2n) is 3.02. The molecule has 0 aromatic carbocycles. The summed E-state index contributed by atoms with van der Waals surface area (Å²) >= 11 is 0. The van der Waals surface area contributed by atoms with Crippen LogP contribution < -0.4 is 5.32 Å². The molecule has 0 aromatic rings. The van der Waals surface area contributed by atoms with E-state index in [4.69, 9.17) is 14.2 Å². The maximum atomic E-state index is 5.35. The van der Waals surface area contributed by atoms with Gasteiger partial charge in [0.2, 0.25) is 0 Å². The number of methoxy groups -OCH3 is 2. The van der Waals surface area contributed by atoms with E-state index in [9.17, 15) is 0 Å². The smallest absolute Gasteiger partial charge is 0.318 e. The lowest BCUT2D eigenvalue weighted by atomic mass is 10.3. The minimum Gasteiger partial charge on any atom is -0.482 e. The first-order valence-corrected chi connectivity index (χ1v) is 4.61. The van der Waals surface area contributed by atoms with Crippen LogP contribution in [0.4, 0.5) is 0 Å². The normalized spacial score (nSPS) is 28.9. The molecule has 15 heavy (non-hydrogen) atoms. The minimum atomic E-state index is -1.07. The fourth-order valence-electron chi connectivity index (χ4n) is 1.41. The van der Waals surface area contributed by atoms with Gasteiger partial charge < -0.3 is 19.5 Å². The highest BCUT2D eigenvalue weighted by Gasteiger charge is 2.41. The van der Waals surface area contributed by atoms with Crippen LogP contribution in [0.1, 0.15) is 0 Å². The van der Waals surface area contributed by atoms with E-state index in [1.165, 1.54) is 7.11 Å². The van der Waals surface area contributed by atoms with Gasteiger partial charge in [-0.1, -0.05) is 0 Å². The van der Waals surface area contributed by atoms with Crippen LogP contribution in [0.3, 0.4) is 0 Å². The molecule has 0 spiro atoms. The lowest BCUT2D eigenvalue weighted by Gasteiger charge is -2.30. The predicted octanol–water partition coefficient (Wildman–Crippen LogP) is -0.123. The molecule has 2 aliphatic heterocycles. The number of allylic oxidation sites excluding steroid dienone is 1. The Bertz CT molecular complexity index is 337. The van der Waals surface area contributed by atoms with Crippen molar-refractivity contribution < 1.29 is 14.2 Å². The zero-order valence-corrected chi connectivity index (χ0v) is 8.69. The summed E-state index contributed by atoms with van der Waals surface area (Å²) in [7, 11) is 3.10. The van der Waals surface area contributed by atoms with Crippen molar-refractivity contribution >= 4 is 12.1 Å². The second-order valence-corrected chi connectivity index (χ2v) is 3.02. The monoisotopic (exact) mass is 211 g/mol. The van der Waals surface area contributed by atoms with Crippen molar-refractivity contribution in [2.75, 3.05) is 27.4 Å². The van der Waals surface area contributed by atoms with Crippen LogP contribution in [0.2, 0.25) is 0 Å². The Kier molecular flexibility index (Phi) is 2.59. The molecule has 0 aromatic heterocycles. The summed E-state index contributed by atoms with van der Waals surface area (Å²) in [5, 5.41) is 2.97. The van der Waals surface area contributed by atoms with E-state index >= 15 is 0 Å². The molecule has 0 aliphatic carbocycles. The largest absolute Gasteiger partial charge is 0.482 e. The van der Waals surface area contributed by atoms with E-state index in [0.717, 1.165) is 0 Å². The van der Waals surface area contributed by atoms with E-state index < -0.39 is 5.85 Å². The Morgan fingerprint density at radius 3 is 3.00 bits per heavy atom. The highest BCUT2D eigenvalue weighted by molar-refractivity contribution is 5.89. The van der Waals surface area contributed by atoms with E-state index in [0.29, 0.717) is 24.9 Å². The number of hydrogen-bond acceptors (Lipinski definition) is 6. The Morgan fingerprint density at radius 2 is 2.40 bits per heavy atom. The van der Waals surface area contributed by atoms with Gasteiger partial charge >= 0.3 is 5.85 Å². The number of nitrogens with one attached hydrogen (secondary N) is 1. The average Bonchev–Trinajstić information content (AvgIpc) is 2.83. The molecule has 6 nitrogen and oxygen atoms in total. The lowest BCUT2D eigenvalue weighted by molar-refractivity contribution is 0.00379. The molecule has 6 heteroatoms. The summed E-state index contributed by atoms with van der Waals surface area (Å²) in [6, 6.07) is 0. The summed E-state index contributed by atoms with van der Waals surface area (Å²) in [5.41, 5.74) is 0. The van der Waals surface area contributed by atoms with Crippen LogP contribution in [-0.2, 0) is 14.2 Å². The maximum absolute atomic E-state index is 5.35. The molecule has 82 valence electrons. The molecule has 2 aliphatic rings. The number of nitrogens with zero attached hydrogens (tertiary/aromatic N) is 2. The zero-order chi connectivity index (χ0) is 10.7. The molecular formula is C9H13N3O3. The van der Waals surface area contributed by atoms with Gasteiger partial charge in [0.1, 0.15) is 6.61 Å². The Morgan fingerprint density at radius 1 is 1.53 bits per heavy atom. The molecule has 0 bridgehead atoms. The number of aliphatic imine (C=N–C) groups is 2. The summed E-state index contributed by atoms with van der Waals surface area (Å²) in [4.78, 5) is 8.37. The van der Waals surface area contributed by atoms with Crippen LogP contribution in [0.25, 0.3) is 0 Å². The number of rotatable bonds is 3. The van der Waals surface area contributed by atoms with Crippen molar-refractivity contribution in [3.8, 4) is 0 Å². The summed E-state index contributed by atoms with van der Waals surface area (Å²) in [5.74, 6) is -0.0784. The molecule has 2 rings (SSSR count). The van der Waals surface area contributed by atoms with Gasteiger partial charge in [-0.05, 0) is 0 Å². The topological polar surface area (TPSA) is 64.4 Å². The third kappa shape index (κ3) is 1.68. The molecule has 0 saturated heterocycles. The SMILES string of the molecule is COC1=CC=NC(OC)(C2=NCCO2)N1. The molecule has 0 amide bonds. The van der Waals surface area contributed by atoms with Crippen molar-refractivity contribution in [3.05, 3.63) is 12.0 Å². The first-order valence-electron chi connectivity index (χ1n) is 4.61. The minimum absolute atomic E-state index is 0.434. The zero-order valence-electron chi connectivity index (χ0n) is 8.69. The number of hydrogen-bond donors (Lipinski definition) is 1.